The molecule has 1 N–H and O–H groups in total. The van der Waals surface area contributed by atoms with E-state index in [0.717, 1.165) is 103 Å². The van der Waals surface area contributed by atoms with E-state index in [-0.39, 0.29) is 37.5 Å². The zero-order chi connectivity index (χ0) is 38.0. The third-order valence-corrected chi connectivity index (χ3v) is 14.4. The van der Waals surface area contributed by atoms with Crippen LogP contribution in [0.25, 0.3) is 0 Å². The number of ether oxygens (including phenoxy) is 5. The maximum Gasteiger partial charge on any atom is 0.465 e. The molecule has 9 atom stereocenters. The van der Waals surface area contributed by atoms with Gasteiger partial charge in [0, 0.05) is 5.92 Å². The van der Waals surface area contributed by atoms with Crippen molar-refractivity contribution in [1.29, 1.82) is 0 Å². The van der Waals surface area contributed by atoms with Crippen LogP contribution in [0.15, 0.2) is 0 Å². The van der Waals surface area contributed by atoms with Crippen molar-refractivity contribution < 1.29 is 59.8 Å². The maximum absolute atomic E-state index is 13.9. The van der Waals surface area contributed by atoms with Crippen LogP contribution in [0.2, 0.25) is 0 Å². The van der Waals surface area contributed by atoms with Crippen LogP contribution in [0.3, 0.4) is 0 Å². The zero-order valence-electron chi connectivity index (χ0n) is 31.4. The summed E-state index contributed by atoms with van der Waals surface area (Å²) in [4.78, 5) is 39.5. The van der Waals surface area contributed by atoms with E-state index in [2.05, 4.69) is 11.7 Å². The van der Waals surface area contributed by atoms with Gasteiger partial charge in [-0.25, -0.2) is 4.79 Å². The topological polar surface area (TPSA) is 152 Å². The minimum Gasteiger partial charge on any atom is -0.462 e. The van der Waals surface area contributed by atoms with Crippen LogP contribution in [0.4, 0.5) is 8.78 Å². The highest BCUT2D eigenvalue weighted by molar-refractivity contribution is 7.87. The molecule has 53 heavy (non-hydrogen) atoms. The molecule has 6 rings (SSSR count). The highest BCUT2D eigenvalue weighted by Crippen LogP contribution is 2.52. The lowest BCUT2D eigenvalue weighted by molar-refractivity contribution is -0.169. The standard InChI is InChI=1S/C39H60F2O11S/c1-25-16-27-12-7-14-38(19-25,22-27)35(43)50-24-32-31(23-49-34(42)37(2)20-28-10-6-11-29(17-28)21-37)51-33(52-32)30(18-26-8-4-3-5-9-26)13-15-48-36(44)39(40,41)53(45,46)47/h25-33H,3-24H2,1-2H3,(H,45,46,47). The lowest BCUT2D eigenvalue weighted by atomic mass is 9.59. The summed E-state index contributed by atoms with van der Waals surface area (Å²) >= 11 is 0. The number of carbonyl (C=O) groups excluding carboxylic acids is 3. The van der Waals surface area contributed by atoms with Crippen LogP contribution in [0.1, 0.15) is 136 Å². The summed E-state index contributed by atoms with van der Waals surface area (Å²) in [5.74, 6) is -1.09. The first-order valence-corrected chi connectivity index (χ1v) is 21.7. The van der Waals surface area contributed by atoms with Crippen LogP contribution in [-0.2, 0) is 48.2 Å². The molecule has 14 heteroatoms. The molecule has 0 radical (unpaired) electrons. The van der Waals surface area contributed by atoms with Crippen molar-refractivity contribution in [2.75, 3.05) is 19.8 Å². The average Bonchev–Trinajstić information content (AvgIpc) is 3.51. The Morgan fingerprint density at radius 2 is 1.42 bits per heavy atom. The van der Waals surface area contributed by atoms with Gasteiger partial charge in [0.25, 0.3) is 0 Å². The number of esters is 3. The number of fused-ring (bicyclic) bond motifs is 4. The molecule has 1 saturated heterocycles. The van der Waals surface area contributed by atoms with Gasteiger partial charge < -0.3 is 23.7 Å². The quantitative estimate of drug-likeness (QED) is 0.107. The third kappa shape index (κ3) is 9.56. The summed E-state index contributed by atoms with van der Waals surface area (Å²) in [6.07, 6.45) is 15.0. The molecule has 5 saturated carbocycles. The van der Waals surface area contributed by atoms with Gasteiger partial charge in [-0.1, -0.05) is 71.1 Å². The maximum atomic E-state index is 13.9. The fourth-order valence-corrected chi connectivity index (χ4v) is 11.4. The Bertz CT molecular complexity index is 1400. The van der Waals surface area contributed by atoms with E-state index in [4.69, 9.17) is 23.5 Å². The molecular formula is C39H60F2O11S. The Morgan fingerprint density at radius 1 is 0.811 bits per heavy atom. The van der Waals surface area contributed by atoms with Crippen LogP contribution in [0.5, 0.6) is 0 Å². The van der Waals surface area contributed by atoms with Crippen molar-refractivity contribution in [3.63, 3.8) is 0 Å². The highest BCUT2D eigenvalue weighted by Gasteiger charge is 2.55. The van der Waals surface area contributed by atoms with E-state index < -0.39 is 63.2 Å². The molecule has 11 nitrogen and oxygen atoms in total. The molecule has 0 amide bonds. The van der Waals surface area contributed by atoms with Crippen molar-refractivity contribution in [3.05, 3.63) is 0 Å². The Kier molecular flexibility index (Phi) is 12.8. The average molecular weight is 775 g/mol. The largest absolute Gasteiger partial charge is 0.465 e. The van der Waals surface area contributed by atoms with E-state index in [1.165, 1.54) is 6.42 Å². The molecule has 0 aromatic carbocycles. The smallest absolute Gasteiger partial charge is 0.462 e. The van der Waals surface area contributed by atoms with Crippen molar-refractivity contribution in [3.8, 4) is 0 Å². The van der Waals surface area contributed by atoms with Gasteiger partial charge in [0.1, 0.15) is 25.4 Å². The van der Waals surface area contributed by atoms with E-state index in [9.17, 15) is 31.6 Å². The first kappa shape index (κ1) is 40.8. The van der Waals surface area contributed by atoms with Crippen molar-refractivity contribution in [2.45, 2.75) is 160 Å². The molecule has 1 heterocycles. The lowest BCUT2D eigenvalue weighted by Gasteiger charge is -2.45. The fourth-order valence-electron chi connectivity index (χ4n) is 11.2. The van der Waals surface area contributed by atoms with Gasteiger partial charge in [0.15, 0.2) is 6.29 Å². The summed E-state index contributed by atoms with van der Waals surface area (Å²) < 4.78 is 88.6. The number of carbonyl (C=O) groups is 3. The predicted octanol–water partition coefficient (Wildman–Crippen LogP) is 7.40. The molecular weight excluding hydrogens is 714 g/mol. The summed E-state index contributed by atoms with van der Waals surface area (Å²) in [6, 6.07) is 0. The summed E-state index contributed by atoms with van der Waals surface area (Å²) in [7, 11) is -6.01. The summed E-state index contributed by atoms with van der Waals surface area (Å²) in [5, 5.41) is -5.10. The molecule has 302 valence electrons. The number of alkyl halides is 2. The molecule has 9 unspecified atom stereocenters. The molecule has 6 fully saturated rings. The van der Waals surface area contributed by atoms with Crippen molar-refractivity contribution in [1.82, 2.24) is 0 Å². The number of halogens is 2. The van der Waals surface area contributed by atoms with Crippen molar-refractivity contribution in [2.24, 2.45) is 46.3 Å². The summed E-state index contributed by atoms with van der Waals surface area (Å²) in [6.45, 7) is 3.40. The Hall–Kier alpha value is -1.90. The second-order valence-corrected chi connectivity index (χ2v) is 19.4. The molecule has 0 spiro atoms. The minimum absolute atomic E-state index is 0.0106. The van der Waals surface area contributed by atoms with E-state index >= 15 is 0 Å². The second kappa shape index (κ2) is 16.7. The minimum atomic E-state index is -6.01. The highest BCUT2D eigenvalue weighted by atomic mass is 32.2. The van der Waals surface area contributed by atoms with Crippen molar-refractivity contribution >= 4 is 28.0 Å². The first-order chi connectivity index (χ1) is 25.1. The van der Waals surface area contributed by atoms with Gasteiger partial charge in [-0.3, -0.25) is 14.1 Å². The Labute approximate surface area is 313 Å². The number of rotatable bonds is 14. The first-order valence-electron chi connectivity index (χ1n) is 20.2. The number of hydrogen-bond donors (Lipinski definition) is 1. The van der Waals surface area contributed by atoms with E-state index in [1.807, 2.05) is 6.92 Å². The molecule has 0 aromatic heterocycles. The van der Waals surface area contributed by atoms with E-state index in [0.29, 0.717) is 30.1 Å². The normalized spacial score (nSPS) is 37.0. The van der Waals surface area contributed by atoms with Crippen LogP contribution in [0, 0.1) is 46.3 Å². The van der Waals surface area contributed by atoms with Gasteiger partial charge >= 0.3 is 33.3 Å². The van der Waals surface area contributed by atoms with Gasteiger partial charge in [0.05, 0.1) is 17.4 Å². The zero-order valence-corrected chi connectivity index (χ0v) is 32.3. The van der Waals surface area contributed by atoms with E-state index in [1.54, 1.807) is 0 Å². The molecule has 1 aliphatic heterocycles. The molecule has 0 aromatic rings. The Balaban J connectivity index is 1.15. The molecule has 4 bridgehead atoms. The second-order valence-electron chi connectivity index (χ2n) is 18.0. The number of hydrogen-bond acceptors (Lipinski definition) is 10. The lowest BCUT2D eigenvalue weighted by Crippen LogP contribution is -2.45. The van der Waals surface area contributed by atoms with Crippen LogP contribution in [-0.4, -0.2) is 74.5 Å². The van der Waals surface area contributed by atoms with Gasteiger partial charge in [0.2, 0.25) is 0 Å². The van der Waals surface area contributed by atoms with Crippen LogP contribution >= 0.6 is 0 Å². The summed E-state index contributed by atoms with van der Waals surface area (Å²) in [5.41, 5.74) is -1.12. The molecule has 6 aliphatic rings. The molecule has 5 aliphatic carbocycles. The SMILES string of the molecule is CC1CC2CCCC(C(=O)OCC3OC(C(CCOC(=O)C(F)(F)S(=O)(=O)O)CC4CCCCC4)OC3COC(=O)C3(C)CC4CCCC(C4)C3)(C1)C2. The monoisotopic (exact) mass is 774 g/mol. The van der Waals surface area contributed by atoms with Crippen LogP contribution < -0.4 is 0 Å². The van der Waals surface area contributed by atoms with Gasteiger partial charge in [-0.15, -0.1) is 0 Å². The van der Waals surface area contributed by atoms with Gasteiger partial charge in [-0.05, 0) is 94.3 Å². The predicted molar refractivity (Wildman–Crippen MR) is 188 cm³/mol. The Morgan fingerprint density at radius 3 is 2.06 bits per heavy atom. The fraction of sp³-hybridized carbons (Fsp3) is 0.923. The van der Waals surface area contributed by atoms with Gasteiger partial charge in [-0.2, -0.15) is 17.2 Å². The third-order valence-electron chi connectivity index (χ3n) is 13.5.